The highest BCUT2D eigenvalue weighted by Crippen LogP contribution is 2.18. The molecule has 20 heavy (non-hydrogen) atoms. The minimum absolute atomic E-state index is 0. The van der Waals surface area contributed by atoms with E-state index < -0.39 is 0 Å². The second-order valence-corrected chi connectivity index (χ2v) is 4.59. The predicted octanol–water partition coefficient (Wildman–Crippen LogP) is 2.76. The van der Waals surface area contributed by atoms with Crippen molar-refractivity contribution in [2.24, 2.45) is 0 Å². The van der Waals surface area contributed by atoms with Crippen molar-refractivity contribution in [3.05, 3.63) is 30.1 Å². The number of nitrogens with zero attached hydrogens (tertiary/aromatic N) is 3. The quantitative estimate of drug-likeness (QED) is 0.940. The van der Waals surface area contributed by atoms with E-state index in [-0.39, 0.29) is 18.2 Å². The van der Waals surface area contributed by atoms with Gasteiger partial charge in [0.2, 0.25) is 5.82 Å². The Kier molecular flexibility index (Phi) is 4.92. The summed E-state index contributed by atoms with van der Waals surface area (Å²) in [6.07, 6.45) is 2.47. The fourth-order valence-corrected chi connectivity index (χ4v) is 2.16. The third-order valence-electron chi connectivity index (χ3n) is 3.16. The predicted molar refractivity (Wildman–Crippen MR) is 76.2 cm³/mol. The molecule has 2 heterocycles. The number of hydrogen-bond acceptors (Lipinski definition) is 5. The Morgan fingerprint density at radius 1 is 1.30 bits per heavy atom. The fraction of sp³-hybridized carbons (Fsp3) is 0.385. The second kappa shape index (κ2) is 6.67. The van der Waals surface area contributed by atoms with Gasteiger partial charge in [0.15, 0.2) is 0 Å². The lowest BCUT2D eigenvalue weighted by Gasteiger charge is -2.13. The number of aromatic nitrogens is 2. The number of rotatable bonds is 4. The van der Waals surface area contributed by atoms with Crippen LogP contribution in [0.5, 0.6) is 0 Å². The average Bonchev–Trinajstić information content (AvgIpc) is 3.08. The van der Waals surface area contributed by atoms with Crippen LogP contribution in [0.25, 0.3) is 11.4 Å². The van der Waals surface area contributed by atoms with Crippen LogP contribution in [0.15, 0.2) is 28.8 Å². The Bertz CT molecular complexity index is 557. The molecule has 0 amide bonds. The van der Waals surface area contributed by atoms with Crippen molar-refractivity contribution in [3.8, 4) is 11.4 Å². The number of nitrogens with one attached hydrogen (secondary N) is 1. The van der Waals surface area contributed by atoms with Crippen LogP contribution >= 0.6 is 12.4 Å². The first-order valence-electron chi connectivity index (χ1n) is 6.37. The van der Waals surface area contributed by atoms with E-state index in [4.69, 9.17) is 4.52 Å². The highest BCUT2D eigenvalue weighted by molar-refractivity contribution is 5.85. The Balaban J connectivity index is 0.00000147. The van der Waals surface area contributed by atoms with Crippen LogP contribution in [0, 0.1) is 5.82 Å². The van der Waals surface area contributed by atoms with E-state index in [0.717, 1.165) is 13.1 Å². The molecule has 0 saturated carbocycles. The molecular weight excluding hydrogens is 283 g/mol. The summed E-state index contributed by atoms with van der Waals surface area (Å²) in [5.41, 5.74) is 0.609. The number of halogens is 2. The molecule has 2 aromatic rings. The van der Waals surface area contributed by atoms with Crippen molar-refractivity contribution in [1.82, 2.24) is 15.0 Å². The minimum atomic E-state index is -0.311. The monoisotopic (exact) mass is 298 g/mol. The Morgan fingerprint density at radius 2 is 2.10 bits per heavy atom. The van der Waals surface area contributed by atoms with Gasteiger partial charge in [-0.05, 0) is 38.1 Å². The molecule has 1 aromatic heterocycles. The normalized spacial score (nSPS) is 15.1. The van der Waals surface area contributed by atoms with Crippen LogP contribution < -0.4 is 5.32 Å². The molecule has 1 aromatic carbocycles. The van der Waals surface area contributed by atoms with Crippen LogP contribution in [-0.4, -0.2) is 34.8 Å². The molecule has 1 aliphatic heterocycles. The van der Waals surface area contributed by atoms with Gasteiger partial charge < -0.3 is 9.84 Å². The van der Waals surface area contributed by atoms with Crippen molar-refractivity contribution in [2.45, 2.75) is 12.8 Å². The van der Waals surface area contributed by atoms with Gasteiger partial charge in [0, 0.05) is 5.56 Å². The Labute approximate surface area is 122 Å². The molecule has 3 rings (SSSR count). The molecule has 0 atom stereocenters. The zero-order valence-electron chi connectivity index (χ0n) is 10.9. The highest BCUT2D eigenvalue weighted by atomic mass is 35.5. The molecule has 108 valence electrons. The maximum absolute atomic E-state index is 13.1. The van der Waals surface area contributed by atoms with Gasteiger partial charge >= 0.3 is 6.01 Å². The fourth-order valence-electron chi connectivity index (χ4n) is 2.16. The van der Waals surface area contributed by atoms with Gasteiger partial charge in [-0.15, -0.1) is 12.4 Å². The molecule has 1 aliphatic rings. The van der Waals surface area contributed by atoms with Crippen molar-refractivity contribution in [1.29, 1.82) is 0 Å². The second-order valence-electron chi connectivity index (χ2n) is 4.59. The number of hydrogen-bond donors (Lipinski definition) is 1. The van der Waals surface area contributed by atoms with Crippen LogP contribution in [0.4, 0.5) is 10.4 Å². The summed E-state index contributed by atoms with van der Waals surface area (Å²) in [7, 11) is 0. The van der Waals surface area contributed by atoms with Crippen LogP contribution in [0.1, 0.15) is 12.8 Å². The largest absolute Gasteiger partial charge is 0.325 e. The van der Waals surface area contributed by atoms with Gasteiger partial charge in [-0.2, -0.15) is 4.98 Å². The highest BCUT2D eigenvalue weighted by Gasteiger charge is 2.13. The van der Waals surface area contributed by atoms with Gasteiger partial charge in [0.25, 0.3) is 0 Å². The number of likely N-dealkylation sites (tertiary alicyclic amines) is 1. The molecule has 0 spiro atoms. The summed E-state index contributed by atoms with van der Waals surface area (Å²) < 4.78 is 18.2. The summed E-state index contributed by atoms with van der Waals surface area (Å²) in [6, 6.07) is 6.51. The average molecular weight is 299 g/mol. The molecule has 7 heteroatoms. The van der Waals surface area contributed by atoms with E-state index in [1.54, 1.807) is 12.1 Å². The van der Waals surface area contributed by atoms with Gasteiger partial charge in [0.05, 0.1) is 6.67 Å². The molecule has 5 nitrogen and oxygen atoms in total. The molecule has 0 bridgehead atoms. The Morgan fingerprint density at radius 3 is 2.85 bits per heavy atom. The first-order valence-corrected chi connectivity index (χ1v) is 6.37. The molecule has 0 aliphatic carbocycles. The SMILES string of the molecule is Cl.Fc1cccc(-c2noc(NCN3CCCC3)n2)c1. The van der Waals surface area contributed by atoms with Crippen LogP contribution in [0.3, 0.4) is 0 Å². The van der Waals surface area contributed by atoms with Crippen molar-refractivity contribution in [2.75, 3.05) is 25.1 Å². The lowest BCUT2D eigenvalue weighted by molar-refractivity contribution is 0.352. The van der Waals surface area contributed by atoms with E-state index in [0.29, 0.717) is 24.1 Å². The van der Waals surface area contributed by atoms with Crippen molar-refractivity contribution in [3.63, 3.8) is 0 Å². The molecule has 1 fully saturated rings. The molecule has 1 N–H and O–H groups in total. The molecule has 0 unspecified atom stereocenters. The first kappa shape index (κ1) is 14.7. The zero-order valence-corrected chi connectivity index (χ0v) is 11.7. The van der Waals surface area contributed by atoms with E-state index in [2.05, 4.69) is 20.4 Å². The van der Waals surface area contributed by atoms with E-state index in [1.807, 2.05) is 0 Å². The van der Waals surface area contributed by atoms with Crippen molar-refractivity contribution >= 4 is 18.4 Å². The van der Waals surface area contributed by atoms with Crippen LogP contribution in [-0.2, 0) is 0 Å². The standard InChI is InChI=1S/C13H15FN4O.ClH/c14-11-5-3-4-10(8-11)12-16-13(19-17-12)15-9-18-6-1-2-7-18;/h3-5,8H,1-2,6-7,9H2,(H,15,16,17);1H. The molecular formula is C13H16ClFN4O. The topological polar surface area (TPSA) is 54.2 Å². The molecule has 0 radical (unpaired) electrons. The van der Waals surface area contributed by atoms with E-state index >= 15 is 0 Å². The van der Waals surface area contributed by atoms with Gasteiger partial charge in [-0.1, -0.05) is 17.3 Å². The summed E-state index contributed by atoms with van der Waals surface area (Å²) in [5.74, 6) is 0.0808. The maximum Gasteiger partial charge on any atom is 0.322 e. The first-order chi connectivity index (χ1) is 9.31. The third kappa shape index (κ3) is 3.46. The van der Waals surface area contributed by atoms with E-state index in [9.17, 15) is 4.39 Å². The zero-order chi connectivity index (χ0) is 13.1. The van der Waals surface area contributed by atoms with Crippen molar-refractivity contribution < 1.29 is 8.91 Å². The van der Waals surface area contributed by atoms with Gasteiger partial charge in [-0.25, -0.2) is 4.39 Å². The van der Waals surface area contributed by atoms with Gasteiger partial charge in [-0.3, -0.25) is 4.90 Å². The Hall–Kier alpha value is -1.66. The summed E-state index contributed by atoms with van der Waals surface area (Å²) in [4.78, 5) is 6.48. The number of anilines is 1. The minimum Gasteiger partial charge on any atom is -0.325 e. The summed E-state index contributed by atoms with van der Waals surface area (Å²) in [5, 5.41) is 6.92. The number of benzene rings is 1. The lowest BCUT2D eigenvalue weighted by Crippen LogP contribution is -2.26. The summed E-state index contributed by atoms with van der Waals surface area (Å²) >= 11 is 0. The van der Waals surface area contributed by atoms with Gasteiger partial charge in [0.1, 0.15) is 5.82 Å². The summed E-state index contributed by atoms with van der Waals surface area (Å²) in [6.45, 7) is 2.89. The van der Waals surface area contributed by atoms with E-state index in [1.165, 1.54) is 25.0 Å². The van der Waals surface area contributed by atoms with Crippen LogP contribution in [0.2, 0.25) is 0 Å². The smallest absolute Gasteiger partial charge is 0.322 e. The molecule has 1 saturated heterocycles. The maximum atomic E-state index is 13.1. The third-order valence-corrected chi connectivity index (χ3v) is 3.16. The lowest BCUT2D eigenvalue weighted by atomic mass is 10.2.